The van der Waals surface area contributed by atoms with Gasteiger partial charge in [-0.05, 0) is 29.6 Å². The lowest BCUT2D eigenvalue weighted by Crippen LogP contribution is -2.14. The topological polar surface area (TPSA) is 92.7 Å². The van der Waals surface area contributed by atoms with Gasteiger partial charge in [-0.25, -0.2) is 4.79 Å². The van der Waals surface area contributed by atoms with Crippen LogP contribution in [0.4, 0.5) is 5.69 Å². The molecule has 0 radical (unpaired) electrons. The summed E-state index contributed by atoms with van der Waals surface area (Å²) in [5.74, 6) is -1.53. The number of ether oxygens (including phenoxy) is 1. The molecule has 0 bridgehead atoms. The van der Waals surface area contributed by atoms with Gasteiger partial charge in [0.1, 0.15) is 5.75 Å². The number of aromatic hydroxyl groups is 1. The number of amides is 1. The van der Waals surface area contributed by atoms with Crippen molar-refractivity contribution in [3.05, 3.63) is 46.2 Å². The van der Waals surface area contributed by atoms with Crippen LogP contribution in [0, 0.1) is 0 Å². The lowest BCUT2D eigenvalue weighted by Gasteiger charge is -2.08. The van der Waals surface area contributed by atoms with Gasteiger partial charge in [0.25, 0.3) is 0 Å². The standard InChI is InChI=1S/C15H13NO5S/c1-9(17)16-12-6-10(2-3-13(12)18)14(19)7-21-15(20)11-4-5-22-8-11/h2-6,8,18H,7H2,1H3,(H,16,17). The Morgan fingerprint density at radius 2 is 2.00 bits per heavy atom. The van der Waals surface area contributed by atoms with E-state index in [4.69, 9.17) is 4.74 Å². The Hall–Kier alpha value is -2.67. The van der Waals surface area contributed by atoms with E-state index in [1.54, 1.807) is 16.8 Å². The van der Waals surface area contributed by atoms with E-state index in [9.17, 15) is 19.5 Å². The van der Waals surface area contributed by atoms with Gasteiger partial charge in [-0.15, -0.1) is 0 Å². The van der Waals surface area contributed by atoms with E-state index < -0.39 is 18.4 Å². The Kier molecular flexibility index (Phi) is 4.90. The normalized spacial score (nSPS) is 10.0. The Morgan fingerprint density at radius 1 is 1.23 bits per heavy atom. The van der Waals surface area contributed by atoms with Crippen molar-refractivity contribution in [3.8, 4) is 5.75 Å². The molecule has 1 amide bonds. The van der Waals surface area contributed by atoms with Gasteiger partial charge in [-0.3, -0.25) is 9.59 Å². The monoisotopic (exact) mass is 319 g/mol. The van der Waals surface area contributed by atoms with Crippen molar-refractivity contribution in [2.24, 2.45) is 0 Å². The lowest BCUT2D eigenvalue weighted by molar-refractivity contribution is -0.114. The van der Waals surface area contributed by atoms with Gasteiger partial charge in [0, 0.05) is 17.9 Å². The number of hydrogen-bond acceptors (Lipinski definition) is 6. The number of rotatable bonds is 5. The largest absolute Gasteiger partial charge is 0.506 e. The molecule has 2 aromatic rings. The van der Waals surface area contributed by atoms with Gasteiger partial charge in [0.05, 0.1) is 11.3 Å². The smallest absolute Gasteiger partial charge is 0.339 e. The zero-order chi connectivity index (χ0) is 16.1. The van der Waals surface area contributed by atoms with Gasteiger partial charge in [0.2, 0.25) is 5.91 Å². The van der Waals surface area contributed by atoms with Crippen LogP contribution in [0.2, 0.25) is 0 Å². The van der Waals surface area contributed by atoms with Crippen molar-refractivity contribution >= 4 is 34.7 Å². The van der Waals surface area contributed by atoms with Crippen molar-refractivity contribution < 1.29 is 24.2 Å². The molecule has 0 atom stereocenters. The molecule has 0 saturated carbocycles. The molecule has 0 unspecified atom stereocenters. The summed E-state index contributed by atoms with van der Waals surface area (Å²) in [5.41, 5.74) is 0.740. The van der Waals surface area contributed by atoms with Crippen LogP contribution in [0.5, 0.6) is 5.75 Å². The molecule has 2 N–H and O–H groups in total. The molecule has 22 heavy (non-hydrogen) atoms. The highest BCUT2D eigenvalue weighted by atomic mass is 32.1. The summed E-state index contributed by atoms with van der Waals surface area (Å²) in [6.45, 7) is 0.871. The summed E-state index contributed by atoms with van der Waals surface area (Å²) in [5, 5.41) is 15.4. The molecule has 1 aromatic heterocycles. The summed E-state index contributed by atoms with van der Waals surface area (Å²) >= 11 is 1.35. The molecule has 0 fully saturated rings. The average Bonchev–Trinajstić information content (AvgIpc) is 3.00. The van der Waals surface area contributed by atoms with Crippen molar-refractivity contribution in [2.75, 3.05) is 11.9 Å². The van der Waals surface area contributed by atoms with E-state index in [0.29, 0.717) is 5.56 Å². The van der Waals surface area contributed by atoms with Crippen LogP contribution >= 0.6 is 11.3 Å². The Labute approximate surface area is 130 Å². The third kappa shape index (κ3) is 3.92. The number of carbonyl (C=O) groups excluding carboxylic acids is 3. The molecule has 2 rings (SSSR count). The Bertz CT molecular complexity index is 709. The zero-order valence-electron chi connectivity index (χ0n) is 11.7. The Balaban J connectivity index is 2.03. The fourth-order valence-electron chi connectivity index (χ4n) is 1.68. The van der Waals surface area contributed by atoms with Crippen LogP contribution in [0.15, 0.2) is 35.0 Å². The average molecular weight is 319 g/mol. The maximum Gasteiger partial charge on any atom is 0.339 e. The van der Waals surface area contributed by atoms with E-state index in [2.05, 4.69) is 5.32 Å². The molecule has 0 spiro atoms. The second-order valence-electron chi connectivity index (χ2n) is 4.42. The molecule has 6 nitrogen and oxygen atoms in total. The molecule has 0 aliphatic rings. The molecule has 0 aliphatic heterocycles. The van der Waals surface area contributed by atoms with Crippen molar-refractivity contribution in [2.45, 2.75) is 6.92 Å². The van der Waals surface area contributed by atoms with Gasteiger partial charge in [-0.2, -0.15) is 11.3 Å². The predicted octanol–water partition coefficient (Wildman–Crippen LogP) is 2.45. The first kappa shape index (κ1) is 15.7. The highest BCUT2D eigenvalue weighted by molar-refractivity contribution is 7.08. The summed E-state index contributed by atoms with van der Waals surface area (Å²) in [6.07, 6.45) is 0. The van der Waals surface area contributed by atoms with Crippen LogP contribution in [0.25, 0.3) is 0 Å². The van der Waals surface area contributed by atoms with Crippen LogP contribution in [0.1, 0.15) is 27.6 Å². The highest BCUT2D eigenvalue weighted by Crippen LogP contribution is 2.24. The SMILES string of the molecule is CC(=O)Nc1cc(C(=O)COC(=O)c2ccsc2)ccc1O. The maximum absolute atomic E-state index is 12.0. The second kappa shape index (κ2) is 6.86. The molecule has 0 aliphatic carbocycles. The summed E-state index contributed by atoms with van der Waals surface area (Å²) in [7, 11) is 0. The number of phenolic OH excluding ortho intramolecular Hbond substituents is 1. The van der Waals surface area contributed by atoms with E-state index in [-0.39, 0.29) is 22.9 Å². The summed E-state index contributed by atoms with van der Waals surface area (Å²) in [4.78, 5) is 34.7. The Morgan fingerprint density at radius 3 is 2.64 bits per heavy atom. The van der Waals surface area contributed by atoms with Crippen molar-refractivity contribution in [3.63, 3.8) is 0 Å². The first-order chi connectivity index (χ1) is 10.5. The summed E-state index contributed by atoms with van der Waals surface area (Å²) < 4.78 is 4.92. The number of Topliss-reactive ketones (excluding diaryl/α,β-unsaturated/α-hetero) is 1. The quantitative estimate of drug-likeness (QED) is 0.502. The molecular weight excluding hydrogens is 306 g/mol. The molecule has 114 valence electrons. The molecule has 0 saturated heterocycles. The van der Waals surface area contributed by atoms with Crippen molar-refractivity contribution in [1.29, 1.82) is 0 Å². The molecule has 1 aromatic carbocycles. The number of ketones is 1. The number of hydrogen-bond donors (Lipinski definition) is 2. The predicted molar refractivity (Wildman–Crippen MR) is 81.3 cm³/mol. The van der Waals surface area contributed by atoms with Crippen LogP contribution in [-0.2, 0) is 9.53 Å². The number of carbonyl (C=O) groups is 3. The van der Waals surface area contributed by atoms with Gasteiger partial charge < -0.3 is 15.2 Å². The van der Waals surface area contributed by atoms with Crippen molar-refractivity contribution in [1.82, 2.24) is 0 Å². The first-order valence-corrected chi connectivity index (χ1v) is 7.25. The fraction of sp³-hybridized carbons (Fsp3) is 0.133. The van der Waals surface area contributed by atoms with Crippen LogP contribution < -0.4 is 5.32 Å². The third-order valence-electron chi connectivity index (χ3n) is 2.72. The van der Waals surface area contributed by atoms with Gasteiger partial charge in [0.15, 0.2) is 12.4 Å². The first-order valence-electron chi connectivity index (χ1n) is 6.30. The second-order valence-corrected chi connectivity index (χ2v) is 5.20. The number of phenols is 1. The minimum Gasteiger partial charge on any atom is -0.506 e. The minimum atomic E-state index is -0.574. The van der Waals surface area contributed by atoms with Crippen LogP contribution in [0.3, 0.4) is 0 Å². The van der Waals surface area contributed by atoms with E-state index in [0.717, 1.165) is 0 Å². The van der Waals surface area contributed by atoms with E-state index in [1.165, 1.54) is 36.5 Å². The lowest BCUT2D eigenvalue weighted by atomic mass is 10.1. The molecule has 1 heterocycles. The fourth-order valence-corrected chi connectivity index (χ4v) is 2.30. The minimum absolute atomic E-state index is 0.127. The van der Waals surface area contributed by atoms with Gasteiger partial charge in [-0.1, -0.05) is 0 Å². The van der Waals surface area contributed by atoms with E-state index >= 15 is 0 Å². The van der Waals surface area contributed by atoms with Gasteiger partial charge >= 0.3 is 5.97 Å². The van der Waals surface area contributed by atoms with Crippen LogP contribution in [-0.4, -0.2) is 29.4 Å². The number of nitrogens with one attached hydrogen (secondary N) is 1. The van der Waals surface area contributed by atoms with E-state index in [1.807, 2.05) is 0 Å². The number of esters is 1. The third-order valence-corrected chi connectivity index (χ3v) is 3.40. The highest BCUT2D eigenvalue weighted by Gasteiger charge is 2.14. The zero-order valence-corrected chi connectivity index (χ0v) is 12.5. The maximum atomic E-state index is 12.0. The number of thiophene rings is 1. The molecular formula is C15H13NO5S. The molecule has 7 heteroatoms. The summed E-state index contributed by atoms with van der Waals surface area (Å²) in [6, 6.07) is 5.62. The number of anilines is 1. The number of benzene rings is 1.